The molecule has 136 valence electrons. The first-order valence-corrected chi connectivity index (χ1v) is 9.30. The highest BCUT2D eigenvalue weighted by Gasteiger charge is 2.13. The van der Waals surface area contributed by atoms with Gasteiger partial charge in [-0.2, -0.15) is 0 Å². The second kappa shape index (κ2) is 10.1. The monoisotopic (exact) mass is 362 g/mol. The van der Waals surface area contributed by atoms with E-state index in [0.29, 0.717) is 44.2 Å². The van der Waals surface area contributed by atoms with E-state index in [1.54, 1.807) is 18.4 Å². The van der Waals surface area contributed by atoms with Crippen molar-refractivity contribution in [2.75, 3.05) is 27.2 Å². The fourth-order valence-corrected chi connectivity index (χ4v) is 3.08. The first-order valence-electron chi connectivity index (χ1n) is 8.42. The Morgan fingerprint density at radius 2 is 2.12 bits per heavy atom. The van der Waals surface area contributed by atoms with Crippen LogP contribution >= 0.6 is 11.3 Å². The highest BCUT2D eigenvalue weighted by atomic mass is 32.1. The molecule has 25 heavy (non-hydrogen) atoms. The van der Waals surface area contributed by atoms with Crippen molar-refractivity contribution in [1.82, 2.24) is 10.2 Å². The second-order valence-corrected chi connectivity index (χ2v) is 6.65. The quantitative estimate of drug-likeness (QED) is 0.705. The van der Waals surface area contributed by atoms with E-state index in [9.17, 15) is 4.79 Å². The number of hydrogen-bond acceptors (Lipinski definition) is 5. The van der Waals surface area contributed by atoms with Crippen molar-refractivity contribution in [3.63, 3.8) is 0 Å². The second-order valence-electron chi connectivity index (χ2n) is 5.61. The van der Waals surface area contributed by atoms with Crippen LogP contribution in [0.25, 0.3) is 0 Å². The molecule has 0 aliphatic rings. The maximum Gasteiger partial charge on any atom is 0.224 e. The molecule has 1 N–H and O–H groups in total. The van der Waals surface area contributed by atoms with Crippen molar-refractivity contribution >= 4 is 17.2 Å². The number of nitrogens with one attached hydrogen (secondary N) is 1. The van der Waals surface area contributed by atoms with Crippen molar-refractivity contribution in [3.8, 4) is 11.5 Å². The normalized spacial score (nSPS) is 10.5. The smallest absolute Gasteiger partial charge is 0.224 e. The topological polar surface area (TPSA) is 50.8 Å². The summed E-state index contributed by atoms with van der Waals surface area (Å²) in [7, 11) is 3.48. The van der Waals surface area contributed by atoms with E-state index >= 15 is 0 Å². The third-order valence-electron chi connectivity index (χ3n) is 3.87. The Kier molecular flexibility index (Phi) is 7.76. The Bertz CT molecular complexity index is 659. The first kappa shape index (κ1) is 19.3. The summed E-state index contributed by atoms with van der Waals surface area (Å²) in [5.41, 5.74) is 1.03. The molecule has 5 nitrogen and oxygen atoms in total. The van der Waals surface area contributed by atoms with Gasteiger partial charge in [-0.15, -0.1) is 11.3 Å². The highest BCUT2D eigenvalue weighted by molar-refractivity contribution is 7.09. The van der Waals surface area contributed by atoms with Gasteiger partial charge < -0.3 is 19.7 Å². The summed E-state index contributed by atoms with van der Waals surface area (Å²) >= 11 is 1.66. The maximum absolute atomic E-state index is 12.2. The fourth-order valence-electron chi connectivity index (χ4n) is 2.46. The lowest BCUT2D eigenvalue weighted by molar-refractivity contribution is -0.131. The van der Waals surface area contributed by atoms with Gasteiger partial charge in [0.2, 0.25) is 5.91 Å². The highest BCUT2D eigenvalue weighted by Crippen LogP contribution is 2.29. The van der Waals surface area contributed by atoms with Gasteiger partial charge in [-0.25, -0.2) is 0 Å². The molecule has 0 saturated carbocycles. The van der Waals surface area contributed by atoms with Gasteiger partial charge in [0.25, 0.3) is 0 Å². The molecule has 1 amide bonds. The van der Waals surface area contributed by atoms with E-state index in [0.717, 1.165) is 5.56 Å². The summed E-state index contributed by atoms with van der Waals surface area (Å²) in [5.74, 6) is 1.55. The molecule has 2 rings (SSSR count). The molecular weight excluding hydrogens is 336 g/mol. The van der Waals surface area contributed by atoms with Crippen LogP contribution < -0.4 is 14.8 Å². The predicted octanol–water partition coefficient (Wildman–Crippen LogP) is 3.29. The number of rotatable bonds is 10. The Morgan fingerprint density at radius 1 is 1.28 bits per heavy atom. The minimum Gasteiger partial charge on any atom is -0.493 e. The Hall–Kier alpha value is -2.05. The van der Waals surface area contributed by atoms with Crippen LogP contribution in [0.4, 0.5) is 0 Å². The lowest BCUT2D eigenvalue weighted by Crippen LogP contribution is -2.32. The number of benzene rings is 1. The van der Waals surface area contributed by atoms with Crippen LogP contribution in [-0.4, -0.2) is 38.1 Å². The lowest BCUT2D eigenvalue weighted by atomic mass is 10.1. The van der Waals surface area contributed by atoms with Gasteiger partial charge in [0.05, 0.1) is 7.11 Å². The van der Waals surface area contributed by atoms with E-state index in [2.05, 4.69) is 5.32 Å². The van der Waals surface area contributed by atoms with Crippen molar-refractivity contribution in [2.45, 2.75) is 26.5 Å². The van der Waals surface area contributed by atoms with Crippen LogP contribution in [0.1, 0.15) is 23.8 Å². The van der Waals surface area contributed by atoms with Gasteiger partial charge >= 0.3 is 0 Å². The van der Waals surface area contributed by atoms with Gasteiger partial charge in [-0.05, 0) is 43.1 Å². The van der Waals surface area contributed by atoms with Crippen molar-refractivity contribution in [2.24, 2.45) is 0 Å². The minimum absolute atomic E-state index is 0.147. The molecule has 0 unspecified atom stereocenters. The van der Waals surface area contributed by atoms with Gasteiger partial charge in [-0.3, -0.25) is 4.79 Å². The molecular formula is C19H26N2O3S. The average Bonchev–Trinajstić information content (AvgIpc) is 3.16. The average molecular weight is 362 g/mol. The summed E-state index contributed by atoms with van der Waals surface area (Å²) in [6.45, 7) is 4.46. The molecule has 1 aromatic carbocycles. The molecule has 0 aliphatic heterocycles. The number of carbonyl (C=O) groups excluding carboxylic acids is 1. The Morgan fingerprint density at radius 3 is 2.76 bits per heavy atom. The van der Waals surface area contributed by atoms with Gasteiger partial charge in [0.15, 0.2) is 11.5 Å². The molecule has 0 radical (unpaired) electrons. The number of amides is 1. The molecule has 1 heterocycles. The molecule has 1 aromatic heterocycles. The van der Waals surface area contributed by atoms with E-state index in [-0.39, 0.29) is 5.91 Å². The molecule has 0 spiro atoms. The molecule has 6 heteroatoms. The van der Waals surface area contributed by atoms with Crippen LogP contribution in [-0.2, 0) is 17.9 Å². The summed E-state index contributed by atoms with van der Waals surface area (Å²) < 4.78 is 11.3. The van der Waals surface area contributed by atoms with E-state index < -0.39 is 0 Å². The molecule has 0 fully saturated rings. The summed E-state index contributed by atoms with van der Waals surface area (Å²) in [4.78, 5) is 15.2. The maximum atomic E-state index is 12.2. The van der Waals surface area contributed by atoms with Crippen molar-refractivity contribution in [3.05, 3.63) is 46.2 Å². The van der Waals surface area contributed by atoms with Crippen LogP contribution in [0, 0.1) is 0 Å². The number of ether oxygens (including phenoxy) is 2. The Balaban J connectivity index is 2.02. The SMILES string of the molecule is CCN(Cc1ccc(OCc2cccs2)c(OC)c1)C(=O)CCNC. The number of nitrogens with zero attached hydrogens (tertiary/aromatic N) is 1. The van der Waals surface area contributed by atoms with Gasteiger partial charge in [0, 0.05) is 30.9 Å². The fraction of sp³-hybridized carbons (Fsp3) is 0.421. The Labute approximate surface area is 153 Å². The van der Waals surface area contributed by atoms with E-state index in [1.807, 2.05) is 54.6 Å². The van der Waals surface area contributed by atoms with Crippen molar-refractivity contribution < 1.29 is 14.3 Å². The van der Waals surface area contributed by atoms with E-state index in [1.165, 1.54) is 4.88 Å². The predicted molar refractivity (Wildman–Crippen MR) is 101 cm³/mol. The van der Waals surface area contributed by atoms with Crippen LogP contribution in [0.2, 0.25) is 0 Å². The first-order chi connectivity index (χ1) is 12.2. The zero-order valence-corrected chi connectivity index (χ0v) is 15.9. The van der Waals surface area contributed by atoms with E-state index in [4.69, 9.17) is 9.47 Å². The summed E-state index contributed by atoms with van der Waals surface area (Å²) in [6, 6.07) is 9.89. The summed E-state index contributed by atoms with van der Waals surface area (Å²) in [5, 5.41) is 5.04. The molecule has 0 bridgehead atoms. The minimum atomic E-state index is 0.147. The third-order valence-corrected chi connectivity index (χ3v) is 4.72. The number of thiophene rings is 1. The molecule has 0 atom stereocenters. The van der Waals surface area contributed by atoms with Crippen molar-refractivity contribution in [1.29, 1.82) is 0 Å². The molecule has 2 aromatic rings. The zero-order chi connectivity index (χ0) is 18.1. The third kappa shape index (κ3) is 5.76. The largest absolute Gasteiger partial charge is 0.493 e. The van der Waals surface area contributed by atoms with Crippen LogP contribution in [0.3, 0.4) is 0 Å². The standard InChI is InChI=1S/C19H26N2O3S/c1-4-21(19(22)9-10-20-2)13-15-7-8-17(18(12-15)23-3)24-14-16-6-5-11-25-16/h5-8,11-12,20H,4,9-10,13-14H2,1-3H3. The summed E-state index contributed by atoms with van der Waals surface area (Å²) in [6.07, 6.45) is 0.503. The molecule has 0 aliphatic carbocycles. The lowest BCUT2D eigenvalue weighted by Gasteiger charge is -2.21. The zero-order valence-electron chi connectivity index (χ0n) is 15.1. The number of carbonyl (C=O) groups is 1. The van der Waals surface area contributed by atoms with Gasteiger partial charge in [-0.1, -0.05) is 12.1 Å². The van der Waals surface area contributed by atoms with Crippen LogP contribution in [0.15, 0.2) is 35.7 Å². The van der Waals surface area contributed by atoms with Gasteiger partial charge in [0.1, 0.15) is 6.61 Å². The molecule has 0 saturated heterocycles. The number of methoxy groups -OCH3 is 1. The van der Waals surface area contributed by atoms with Crippen LogP contribution in [0.5, 0.6) is 11.5 Å². The number of hydrogen-bond donors (Lipinski definition) is 1.